The highest BCUT2D eigenvalue weighted by molar-refractivity contribution is 6.52. The molecule has 1 atom stereocenters. The lowest BCUT2D eigenvalue weighted by Crippen LogP contribution is -2.58. The van der Waals surface area contributed by atoms with Crippen LogP contribution in [0.4, 0.5) is 11.4 Å². The van der Waals surface area contributed by atoms with E-state index in [0.717, 1.165) is 10.5 Å². The topological polar surface area (TPSA) is 105 Å². The van der Waals surface area contributed by atoms with Crippen molar-refractivity contribution >= 4 is 46.5 Å². The van der Waals surface area contributed by atoms with E-state index in [-0.39, 0.29) is 18.5 Å². The molecule has 0 aliphatic carbocycles. The van der Waals surface area contributed by atoms with E-state index in [1.165, 1.54) is 19.1 Å². The third-order valence-electron chi connectivity index (χ3n) is 7.16. The van der Waals surface area contributed by atoms with Gasteiger partial charge in [0.1, 0.15) is 23.6 Å². The van der Waals surface area contributed by atoms with E-state index in [1.54, 1.807) is 80.6 Å². The third kappa shape index (κ3) is 5.51. The summed E-state index contributed by atoms with van der Waals surface area (Å²) in [6.45, 7) is 3.11. The van der Waals surface area contributed by atoms with E-state index in [2.05, 4.69) is 5.32 Å². The number of amides is 3. The maximum absolute atomic E-state index is 14.0. The van der Waals surface area contributed by atoms with E-state index in [0.29, 0.717) is 27.9 Å². The number of methoxy groups -OCH3 is 2. The van der Waals surface area contributed by atoms with Crippen LogP contribution < -0.4 is 19.7 Å². The van der Waals surface area contributed by atoms with Crippen LogP contribution in [0.3, 0.4) is 0 Å². The van der Waals surface area contributed by atoms with E-state index in [4.69, 9.17) is 21.1 Å². The summed E-state index contributed by atoms with van der Waals surface area (Å²) >= 11 is 6.07. The Morgan fingerprint density at radius 1 is 1.00 bits per heavy atom. The number of anilines is 2. The number of ketones is 1. The van der Waals surface area contributed by atoms with Crippen LogP contribution in [0, 0.1) is 0 Å². The first-order valence-corrected chi connectivity index (χ1v) is 13.0. The second-order valence-corrected chi connectivity index (χ2v) is 9.93. The van der Waals surface area contributed by atoms with Gasteiger partial charge in [-0.05, 0) is 55.3 Å². The van der Waals surface area contributed by atoms with Gasteiger partial charge >= 0.3 is 0 Å². The molecule has 0 radical (unpaired) electrons. The minimum Gasteiger partial charge on any atom is -0.497 e. The van der Waals surface area contributed by atoms with Crippen LogP contribution in [-0.4, -0.2) is 54.7 Å². The first-order chi connectivity index (χ1) is 19.1. The van der Waals surface area contributed by atoms with Crippen LogP contribution in [0.15, 0.2) is 66.7 Å². The molecule has 208 valence electrons. The number of hydrogen-bond donors (Lipinski definition) is 1. The lowest BCUT2D eigenvalue weighted by atomic mass is 9.93. The maximum Gasteiger partial charge on any atom is 0.299 e. The van der Waals surface area contributed by atoms with Crippen LogP contribution in [0.5, 0.6) is 11.5 Å². The van der Waals surface area contributed by atoms with Crippen molar-refractivity contribution in [3.63, 3.8) is 0 Å². The van der Waals surface area contributed by atoms with E-state index in [1.807, 2.05) is 0 Å². The molecule has 1 aliphatic rings. The second kappa shape index (κ2) is 11.8. The van der Waals surface area contributed by atoms with E-state index in [9.17, 15) is 19.2 Å². The highest BCUT2D eigenvalue weighted by Gasteiger charge is 2.43. The molecule has 3 amide bonds. The second-order valence-electron chi connectivity index (χ2n) is 9.49. The van der Waals surface area contributed by atoms with Crippen LogP contribution in [0.2, 0.25) is 5.02 Å². The van der Waals surface area contributed by atoms with Gasteiger partial charge in [0.25, 0.3) is 11.7 Å². The summed E-state index contributed by atoms with van der Waals surface area (Å²) in [5.74, 6) is -1.47. The Balaban J connectivity index is 1.69. The summed E-state index contributed by atoms with van der Waals surface area (Å²) in [6, 6.07) is 18.4. The molecule has 0 bridgehead atoms. The Morgan fingerprint density at radius 2 is 1.70 bits per heavy atom. The minimum atomic E-state index is -1.35. The van der Waals surface area contributed by atoms with Gasteiger partial charge < -0.3 is 19.7 Å². The standard InChI is InChI=1S/C30H30ClN3O6/c1-5-30(2,29(38)32-23-15-14-21(39-3)16-25(23)40-4)34(17-19-10-12-20(31)13-11-19)26(35)18-33-24-9-7-6-8-22(24)27(36)28(33)37/h6-16H,5,17-18H2,1-4H3,(H,32,38). The lowest BCUT2D eigenvalue weighted by Gasteiger charge is -2.40. The quantitative estimate of drug-likeness (QED) is 0.358. The Kier molecular flexibility index (Phi) is 8.44. The number of carbonyl (C=O) groups is 4. The molecule has 10 heteroatoms. The van der Waals surface area contributed by atoms with Crippen LogP contribution in [0.1, 0.15) is 36.2 Å². The number of halogens is 1. The minimum absolute atomic E-state index is 0.0606. The van der Waals surface area contributed by atoms with E-state index < -0.39 is 35.6 Å². The number of nitrogens with one attached hydrogen (secondary N) is 1. The molecule has 0 spiro atoms. The first-order valence-electron chi connectivity index (χ1n) is 12.7. The molecule has 1 N–H and O–H groups in total. The molecular formula is C30H30ClN3O6. The van der Waals surface area contributed by atoms with Crippen molar-refractivity contribution in [3.8, 4) is 11.5 Å². The van der Waals surface area contributed by atoms with Crippen molar-refractivity contribution < 1.29 is 28.7 Å². The fourth-order valence-corrected chi connectivity index (χ4v) is 4.69. The number of benzene rings is 3. The van der Waals surface area contributed by atoms with E-state index >= 15 is 0 Å². The highest BCUT2D eigenvalue weighted by Crippen LogP contribution is 2.33. The number of para-hydroxylation sites is 1. The van der Waals surface area contributed by atoms with Gasteiger partial charge in [-0.15, -0.1) is 0 Å². The third-order valence-corrected chi connectivity index (χ3v) is 7.41. The molecule has 4 rings (SSSR count). The predicted molar refractivity (Wildman–Crippen MR) is 152 cm³/mol. The average Bonchev–Trinajstić information content (AvgIpc) is 3.21. The molecule has 3 aromatic carbocycles. The maximum atomic E-state index is 14.0. The highest BCUT2D eigenvalue weighted by atomic mass is 35.5. The summed E-state index contributed by atoms with van der Waals surface area (Å²) in [5, 5.41) is 3.42. The van der Waals surface area contributed by atoms with Gasteiger partial charge in [-0.25, -0.2) is 0 Å². The molecule has 1 heterocycles. The Hall–Kier alpha value is -4.37. The largest absolute Gasteiger partial charge is 0.497 e. The summed E-state index contributed by atoms with van der Waals surface area (Å²) in [4.78, 5) is 55.8. The Morgan fingerprint density at radius 3 is 2.35 bits per heavy atom. The monoisotopic (exact) mass is 563 g/mol. The zero-order chi connectivity index (χ0) is 29.0. The van der Waals surface area contributed by atoms with Gasteiger partial charge in [-0.3, -0.25) is 24.1 Å². The van der Waals surface area contributed by atoms with Crippen molar-refractivity contribution in [3.05, 3.63) is 82.9 Å². The fraction of sp³-hybridized carbons (Fsp3) is 0.267. The summed E-state index contributed by atoms with van der Waals surface area (Å²) in [7, 11) is 3.00. The molecule has 9 nitrogen and oxygen atoms in total. The molecule has 3 aromatic rings. The van der Waals surface area contributed by atoms with Crippen LogP contribution in [0.25, 0.3) is 0 Å². The number of hydrogen-bond acceptors (Lipinski definition) is 6. The number of fused-ring (bicyclic) bond motifs is 1. The number of Topliss-reactive ketones (excluding diaryl/α,β-unsaturated/α-hetero) is 1. The average molecular weight is 564 g/mol. The molecule has 1 aliphatic heterocycles. The zero-order valence-electron chi connectivity index (χ0n) is 22.7. The Bertz CT molecular complexity index is 1460. The van der Waals surface area contributed by atoms with Gasteiger partial charge in [0, 0.05) is 17.6 Å². The first kappa shape index (κ1) is 28.6. The van der Waals surface area contributed by atoms with Crippen molar-refractivity contribution in [2.75, 3.05) is 31.0 Å². The van der Waals surface area contributed by atoms with Gasteiger partial charge in [0.15, 0.2) is 0 Å². The fourth-order valence-electron chi connectivity index (χ4n) is 4.57. The van der Waals surface area contributed by atoms with Crippen molar-refractivity contribution in [2.24, 2.45) is 0 Å². The van der Waals surface area contributed by atoms with Gasteiger partial charge in [-0.1, -0.05) is 42.8 Å². The van der Waals surface area contributed by atoms with Crippen LogP contribution in [-0.2, 0) is 20.9 Å². The zero-order valence-corrected chi connectivity index (χ0v) is 23.4. The normalized spacial score (nSPS) is 13.9. The smallest absolute Gasteiger partial charge is 0.299 e. The molecular weight excluding hydrogens is 534 g/mol. The number of rotatable bonds is 10. The van der Waals surface area contributed by atoms with Crippen LogP contribution >= 0.6 is 11.6 Å². The SMILES string of the molecule is CCC(C)(C(=O)Nc1ccc(OC)cc1OC)N(Cc1ccc(Cl)cc1)C(=O)CN1C(=O)C(=O)c2ccccc21. The number of ether oxygens (including phenoxy) is 2. The van der Waals surface area contributed by atoms with Gasteiger partial charge in [-0.2, -0.15) is 0 Å². The molecule has 0 saturated carbocycles. The number of nitrogens with zero attached hydrogens (tertiary/aromatic N) is 2. The molecule has 40 heavy (non-hydrogen) atoms. The van der Waals surface area contributed by atoms with Gasteiger partial charge in [0.05, 0.1) is 31.2 Å². The van der Waals surface area contributed by atoms with Crippen molar-refractivity contribution in [1.82, 2.24) is 4.90 Å². The Labute approximate surface area is 237 Å². The molecule has 0 fully saturated rings. The van der Waals surface area contributed by atoms with Crippen molar-refractivity contribution in [1.29, 1.82) is 0 Å². The lowest BCUT2D eigenvalue weighted by molar-refractivity contribution is -0.145. The summed E-state index contributed by atoms with van der Waals surface area (Å²) < 4.78 is 10.7. The predicted octanol–water partition coefficient (Wildman–Crippen LogP) is 4.72. The summed E-state index contributed by atoms with van der Waals surface area (Å²) in [5.41, 5.74) is 0.390. The summed E-state index contributed by atoms with van der Waals surface area (Å²) in [6.07, 6.45) is 0.250. The van der Waals surface area contributed by atoms with Crippen molar-refractivity contribution in [2.45, 2.75) is 32.4 Å². The molecule has 1 unspecified atom stereocenters. The van der Waals surface area contributed by atoms with Gasteiger partial charge in [0.2, 0.25) is 11.8 Å². The molecule has 0 aromatic heterocycles. The number of carbonyl (C=O) groups excluding carboxylic acids is 4. The molecule has 0 saturated heterocycles.